The Morgan fingerprint density at radius 1 is 0.850 bits per heavy atom. The number of likely N-dealkylation sites (tertiary alicyclic amines) is 1. The minimum Gasteiger partial charge on any atom is -0.368 e. The zero-order valence-corrected chi connectivity index (χ0v) is 12.4. The number of halogens is 1. The Morgan fingerprint density at radius 2 is 1.40 bits per heavy atom. The first-order valence-electron chi connectivity index (χ1n) is 7.28. The Hall–Kier alpha value is -1.42. The molecule has 3 rings (SSSR count). The number of nitrogens with zero attached hydrogens (tertiary/aromatic N) is 3. The fraction of sp³-hybridized carbons (Fsp3) is 0.533. The van der Waals surface area contributed by atoms with E-state index in [1.165, 1.54) is 5.69 Å². The average Bonchev–Trinajstić information content (AvgIpc) is 3.02. The van der Waals surface area contributed by atoms with Gasteiger partial charge in [-0.15, -0.1) is 0 Å². The SMILES string of the molecule is O=C(N1CCCC1)N1CCN(c2ccc(Cl)cc2)CC1. The second-order valence-corrected chi connectivity index (χ2v) is 5.86. The van der Waals surface area contributed by atoms with Crippen LogP contribution in [0.15, 0.2) is 24.3 Å². The molecule has 1 aromatic carbocycles. The molecule has 2 amide bonds. The van der Waals surface area contributed by atoms with Gasteiger partial charge in [0.1, 0.15) is 0 Å². The summed E-state index contributed by atoms with van der Waals surface area (Å²) in [7, 11) is 0. The van der Waals surface area contributed by atoms with E-state index in [0.29, 0.717) is 0 Å². The number of piperazine rings is 1. The summed E-state index contributed by atoms with van der Waals surface area (Å²) in [5.74, 6) is 0. The first-order chi connectivity index (χ1) is 9.74. The van der Waals surface area contributed by atoms with Crippen molar-refractivity contribution in [2.45, 2.75) is 12.8 Å². The van der Waals surface area contributed by atoms with Crippen LogP contribution in [0.3, 0.4) is 0 Å². The molecule has 108 valence electrons. The second-order valence-electron chi connectivity index (χ2n) is 5.43. The van der Waals surface area contributed by atoms with Gasteiger partial charge in [0.25, 0.3) is 0 Å². The molecule has 5 heteroatoms. The van der Waals surface area contributed by atoms with Crippen molar-refractivity contribution in [1.29, 1.82) is 0 Å². The number of urea groups is 1. The highest BCUT2D eigenvalue weighted by Crippen LogP contribution is 2.20. The molecule has 0 aromatic heterocycles. The van der Waals surface area contributed by atoms with Gasteiger partial charge in [0, 0.05) is 50.0 Å². The fourth-order valence-corrected chi connectivity index (χ4v) is 3.04. The second kappa shape index (κ2) is 5.92. The van der Waals surface area contributed by atoms with Crippen molar-refractivity contribution < 1.29 is 4.79 Å². The monoisotopic (exact) mass is 293 g/mol. The van der Waals surface area contributed by atoms with Crippen molar-refractivity contribution in [3.8, 4) is 0 Å². The molecule has 0 bridgehead atoms. The molecular weight excluding hydrogens is 274 g/mol. The van der Waals surface area contributed by atoms with Gasteiger partial charge in [-0.25, -0.2) is 4.79 Å². The number of amides is 2. The zero-order chi connectivity index (χ0) is 13.9. The Morgan fingerprint density at radius 3 is 2.00 bits per heavy atom. The minimum absolute atomic E-state index is 0.221. The summed E-state index contributed by atoms with van der Waals surface area (Å²) >= 11 is 5.91. The molecule has 0 atom stereocenters. The third kappa shape index (κ3) is 2.85. The molecule has 2 heterocycles. The summed E-state index contributed by atoms with van der Waals surface area (Å²) in [4.78, 5) is 18.6. The first-order valence-corrected chi connectivity index (χ1v) is 7.66. The van der Waals surface area contributed by atoms with E-state index in [2.05, 4.69) is 4.90 Å². The predicted molar refractivity (Wildman–Crippen MR) is 81.4 cm³/mol. The van der Waals surface area contributed by atoms with Crippen LogP contribution in [-0.2, 0) is 0 Å². The van der Waals surface area contributed by atoms with Gasteiger partial charge >= 0.3 is 6.03 Å². The lowest BCUT2D eigenvalue weighted by Gasteiger charge is -2.37. The van der Waals surface area contributed by atoms with Crippen molar-refractivity contribution in [3.63, 3.8) is 0 Å². The summed E-state index contributed by atoms with van der Waals surface area (Å²) in [6, 6.07) is 8.14. The van der Waals surface area contributed by atoms with Crippen LogP contribution in [0.1, 0.15) is 12.8 Å². The summed E-state index contributed by atoms with van der Waals surface area (Å²) in [5.41, 5.74) is 1.18. The van der Waals surface area contributed by atoms with Crippen molar-refractivity contribution in [2.24, 2.45) is 0 Å². The van der Waals surface area contributed by atoms with E-state index in [4.69, 9.17) is 11.6 Å². The molecule has 0 saturated carbocycles. The summed E-state index contributed by atoms with van der Waals surface area (Å²) in [6.45, 7) is 5.24. The van der Waals surface area contributed by atoms with E-state index < -0.39 is 0 Å². The molecular formula is C15H20ClN3O. The van der Waals surface area contributed by atoms with E-state index >= 15 is 0 Å². The Labute approximate surface area is 124 Å². The molecule has 2 aliphatic heterocycles. The lowest BCUT2D eigenvalue weighted by Crippen LogP contribution is -2.52. The molecule has 0 unspecified atom stereocenters. The summed E-state index contributed by atoms with van der Waals surface area (Å²) in [6.07, 6.45) is 2.30. The first kappa shape index (κ1) is 13.6. The topological polar surface area (TPSA) is 26.8 Å². The smallest absolute Gasteiger partial charge is 0.320 e. The third-order valence-corrected chi connectivity index (χ3v) is 4.37. The van der Waals surface area contributed by atoms with Crippen LogP contribution in [0.2, 0.25) is 5.02 Å². The third-order valence-electron chi connectivity index (χ3n) is 4.12. The van der Waals surface area contributed by atoms with Gasteiger partial charge < -0.3 is 14.7 Å². The van der Waals surface area contributed by atoms with E-state index in [9.17, 15) is 4.79 Å². The van der Waals surface area contributed by atoms with Crippen LogP contribution in [0, 0.1) is 0 Å². The number of anilines is 1. The Bertz CT molecular complexity index is 463. The van der Waals surface area contributed by atoms with Crippen molar-refractivity contribution in [2.75, 3.05) is 44.2 Å². The quantitative estimate of drug-likeness (QED) is 0.796. The van der Waals surface area contributed by atoms with Gasteiger partial charge in [-0.1, -0.05) is 11.6 Å². The highest BCUT2D eigenvalue weighted by atomic mass is 35.5. The van der Waals surface area contributed by atoms with Gasteiger partial charge in [0.15, 0.2) is 0 Å². The molecule has 4 nitrogen and oxygen atoms in total. The van der Waals surface area contributed by atoms with Gasteiger partial charge in [0.05, 0.1) is 0 Å². The molecule has 0 aliphatic carbocycles. The normalized spacial score (nSPS) is 19.6. The minimum atomic E-state index is 0.221. The van der Waals surface area contributed by atoms with Crippen LogP contribution in [0.4, 0.5) is 10.5 Å². The number of rotatable bonds is 1. The largest absolute Gasteiger partial charge is 0.368 e. The van der Waals surface area contributed by atoms with Crippen LogP contribution in [0.5, 0.6) is 0 Å². The average molecular weight is 294 g/mol. The molecule has 20 heavy (non-hydrogen) atoms. The molecule has 2 fully saturated rings. The maximum atomic E-state index is 12.3. The highest BCUT2D eigenvalue weighted by Gasteiger charge is 2.26. The van der Waals surface area contributed by atoms with E-state index in [0.717, 1.165) is 57.1 Å². The van der Waals surface area contributed by atoms with Gasteiger partial charge in [-0.3, -0.25) is 0 Å². The van der Waals surface area contributed by atoms with Crippen LogP contribution >= 0.6 is 11.6 Å². The number of benzene rings is 1. The number of carbonyl (C=O) groups excluding carboxylic acids is 1. The molecule has 1 aromatic rings. The number of hydrogen-bond acceptors (Lipinski definition) is 2. The number of carbonyl (C=O) groups is 1. The predicted octanol–water partition coefficient (Wildman–Crippen LogP) is 2.68. The summed E-state index contributed by atoms with van der Waals surface area (Å²) in [5, 5.41) is 0.761. The highest BCUT2D eigenvalue weighted by molar-refractivity contribution is 6.30. The maximum Gasteiger partial charge on any atom is 0.320 e. The van der Waals surface area contributed by atoms with Crippen LogP contribution in [-0.4, -0.2) is 55.1 Å². The zero-order valence-electron chi connectivity index (χ0n) is 11.6. The van der Waals surface area contributed by atoms with Crippen LogP contribution in [0.25, 0.3) is 0 Å². The molecule has 2 saturated heterocycles. The van der Waals surface area contributed by atoms with E-state index in [1.807, 2.05) is 34.1 Å². The molecule has 0 N–H and O–H groups in total. The lowest BCUT2D eigenvalue weighted by molar-refractivity contribution is 0.159. The molecule has 0 radical (unpaired) electrons. The Balaban J connectivity index is 1.56. The molecule has 0 spiro atoms. The fourth-order valence-electron chi connectivity index (χ4n) is 2.92. The van der Waals surface area contributed by atoms with E-state index in [-0.39, 0.29) is 6.03 Å². The van der Waals surface area contributed by atoms with Crippen molar-refractivity contribution in [1.82, 2.24) is 9.80 Å². The standard InChI is InChI=1S/C15H20ClN3O/c16-13-3-5-14(6-4-13)17-9-11-19(12-10-17)15(20)18-7-1-2-8-18/h3-6H,1-2,7-12H2. The van der Waals surface area contributed by atoms with Gasteiger partial charge in [0.2, 0.25) is 0 Å². The van der Waals surface area contributed by atoms with Crippen molar-refractivity contribution in [3.05, 3.63) is 29.3 Å². The Kier molecular flexibility index (Phi) is 4.01. The summed E-state index contributed by atoms with van der Waals surface area (Å²) < 4.78 is 0. The van der Waals surface area contributed by atoms with Crippen molar-refractivity contribution >= 4 is 23.3 Å². The maximum absolute atomic E-state index is 12.3. The van der Waals surface area contributed by atoms with Gasteiger partial charge in [-0.05, 0) is 37.1 Å². The van der Waals surface area contributed by atoms with E-state index in [1.54, 1.807) is 0 Å². The lowest BCUT2D eigenvalue weighted by atomic mass is 10.2. The van der Waals surface area contributed by atoms with Gasteiger partial charge in [-0.2, -0.15) is 0 Å². The number of hydrogen-bond donors (Lipinski definition) is 0. The van der Waals surface area contributed by atoms with Crippen LogP contribution < -0.4 is 4.90 Å². The molecule has 2 aliphatic rings.